The summed E-state index contributed by atoms with van der Waals surface area (Å²) in [6, 6.07) is 182. The maximum absolute atomic E-state index is 6.89. The Balaban J connectivity index is 0.000000104. The lowest BCUT2D eigenvalue weighted by atomic mass is 9.70. The smallest absolute Gasteiger partial charge is 0.164 e. The molecule has 0 radical (unpaired) electrons. The van der Waals surface area contributed by atoms with E-state index in [2.05, 4.69) is 406 Å². The number of nitrogens with zero attached hydrogens (tertiary/aromatic N) is 7. The lowest BCUT2D eigenvalue weighted by Gasteiger charge is -2.30. The van der Waals surface area contributed by atoms with E-state index in [-0.39, 0.29) is 0 Å². The van der Waals surface area contributed by atoms with Crippen LogP contribution in [0.4, 0.5) is 0 Å². The Labute approximate surface area is 865 Å². The van der Waals surface area contributed by atoms with E-state index in [4.69, 9.17) is 48.1 Å². The van der Waals surface area contributed by atoms with Gasteiger partial charge in [-0.3, -0.25) is 0 Å². The van der Waals surface area contributed by atoms with Crippen molar-refractivity contribution in [1.82, 2.24) is 34.9 Å². The van der Waals surface area contributed by atoms with Crippen LogP contribution >= 0.6 is 0 Å². The average molecular weight is 1910 g/mol. The van der Waals surface area contributed by atoms with Crippen LogP contribution in [0.3, 0.4) is 0 Å². The van der Waals surface area contributed by atoms with E-state index < -0.39 is 16.2 Å². The number of furan rings is 3. The number of fused-ring (bicyclic) bond motifs is 36. The highest BCUT2D eigenvalue weighted by atomic mass is 16.3. The largest absolute Gasteiger partial charge is 0.456 e. The molecule has 6 heterocycles. The van der Waals surface area contributed by atoms with E-state index in [1.165, 1.54) is 106 Å². The molecule has 26 aromatic rings. The number of aromatic nitrogens is 7. The topological polar surface area (TPSA) is 130 Å². The summed E-state index contributed by atoms with van der Waals surface area (Å²) >= 11 is 0. The summed E-state index contributed by atoms with van der Waals surface area (Å²) in [5, 5.41) is 3.47. The quantitative estimate of drug-likeness (QED) is 0.123. The maximum atomic E-state index is 6.89. The van der Waals surface area contributed by atoms with E-state index in [0.717, 1.165) is 157 Å². The average Bonchev–Trinajstić information content (AvgIpc) is 1.50. The van der Waals surface area contributed by atoms with Crippen LogP contribution in [0.25, 0.3) is 224 Å². The molecule has 10 nitrogen and oxygen atoms in total. The fraction of sp³-hybridized carbons (Fsp3) is 0.0214. The van der Waals surface area contributed by atoms with Gasteiger partial charge in [-0.15, -0.1) is 0 Å². The Kier molecular flexibility index (Phi) is 19.5. The molecule has 698 valence electrons. The third-order valence-corrected chi connectivity index (χ3v) is 31.4. The minimum absolute atomic E-state index is 0.454. The van der Waals surface area contributed by atoms with Crippen LogP contribution in [0.5, 0.6) is 0 Å². The molecule has 0 saturated heterocycles. The first-order chi connectivity index (χ1) is 74.4. The van der Waals surface area contributed by atoms with Gasteiger partial charge in [-0.25, -0.2) is 34.9 Å². The highest BCUT2D eigenvalue weighted by Gasteiger charge is 2.58. The lowest BCUT2D eigenvalue weighted by Crippen LogP contribution is -2.25. The minimum Gasteiger partial charge on any atom is -0.456 e. The number of para-hydroxylation sites is 3. The van der Waals surface area contributed by atoms with Gasteiger partial charge >= 0.3 is 0 Å². The van der Waals surface area contributed by atoms with Gasteiger partial charge in [0.2, 0.25) is 0 Å². The van der Waals surface area contributed by atoms with Gasteiger partial charge in [-0.2, -0.15) is 0 Å². The van der Waals surface area contributed by atoms with Crippen LogP contribution in [0.1, 0.15) is 66.8 Å². The van der Waals surface area contributed by atoms with Gasteiger partial charge in [0.15, 0.2) is 29.1 Å². The number of hydrogen-bond donors (Lipinski definition) is 0. The third kappa shape index (κ3) is 13.0. The van der Waals surface area contributed by atoms with Crippen molar-refractivity contribution in [2.24, 2.45) is 0 Å². The van der Waals surface area contributed by atoms with Crippen LogP contribution in [0.2, 0.25) is 0 Å². The fourth-order valence-corrected chi connectivity index (χ4v) is 25.1. The van der Waals surface area contributed by atoms with Gasteiger partial charge in [-0.1, -0.05) is 473 Å². The highest BCUT2D eigenvalue weighted by molar-refractivity contribution is 6.08. The number of benzene rings is 20. The van der Waals surface area contributed by atoms with Crippen LogP contribution in [0.15, 0.2) is 529 Å². The van der Waals surface area contributed by atoms with Crippen molar-refractivity contribution in [3.05, 3.63) is 582 Å². The maximum Gasteiger partial charge on any atom is 0.164 e. The Bertz CT molecular complexity index is 9640. The third-order valence-electron chi connectivity index (χ3n) is 31.4. The zero-order valence-corrected chi connectivity index (χ0v) is 80.9. The van der Waals surface area contributed by atoms with Crippen molar-refractivity contribution in [1.29, 1.82) is 0 Å². The second kappa shape index (κ2) is 34.2. The van der Waals surface area contributed by atoms with Crippen molar-refractivity contribution in [2.75, 3.05) is 0 Å². The molecular weight excluding hydrogens is 1830 g/mol. The predicted molar refractivity (Wildman–Crippen MR) is 602 cm³/mol. The number of rotatable bonds is 11. The normalized spacial score (nSPS) is 13.2. The lowest BCUT2D eigenvalue weighted by molar-refractivity contribution is 0.628. The van der Waals surface area contributed by atoms with Crippen molar-refractivity contribution in [3.63, 3.8) is 0 Å². The van der Waals surface area contributed by atoms with E-state index >= 15 is 0 Å². The van der Waals surface area contributed by atoms with Gasteiger partial charge in [0.1, 0.15) is 34.0 Å². The Morgan fingerprint density at radius 3 is 0.793 bits per heavy atom. The first-order valence-corrected chi connectivity index (χ1v) is 51.0. The van der Waals surface area contributed by atoms with Gasteiger partial charge in [0.25, 0.3) is 0 Å². The monoisotopic (exact) mass is 1910 g/mol. The van der Waals surface area contributed by atoms with Gasteiger partial charge in [0.05, 0.1) is 39.0 Å². The van der Waals surface area contributed by atoms with Crippen LogP contribution in [-0.4, -0.2) is 34.9 Å². The summed E-state index contributed by atoms with van der Waals surface area (Å²) in [5.41, 5.74) is 44.6. The molecule has 0 aliphatic heterocycles. The minimum atomic E-state index is -0.528. The van der Waals surface area contributed by atoms with E-state index in [0.29, 0.717) is 29.1 Å². The highest BCUT2D eigenvalue weighted by Crippen LogP contribution is 2.70. The van der Waals surface area contributed by atoms with Crippen molar-refractivity contribution >= 4 is 32.9 Å². The van der Waals surface area contributed by atoms with Crippen molar-refractivity contribution in [2.45, 2.75) is 16.2 Å². The second-order valence-corrected chi connectivity index (χ2v) is 39.3. The fourth-order valence-electron chi connectivity index (χ4n) is 25.1. The first-order valence-electron chi connectivity index (χ1n) is 51.0. The van der Waals surface area contributed by atoms with Crippen LogP contribution in [0, 0.1) is 0 Å². The Morgan fingerprint density at radius 1 is 0.140 bits per heavy atom. The van der Waals surface area contributed by atoms with Gasteiger partial charge in [-0.05, 0) is 148 Å². The Morgan fingerprint density at radius 2 is 0.400 bits per heavy atom. The molecule has 0 amide bonds. The second-order valence-electron chi connectivity index (χ2n) is 39.3. The van der Waals surface area contributed by atoms with Gasteiger partial charge < -0.3 is 13.3 Å². The molecule has 6 aromatic heterocycles. The molecule has 20 aromatic carbocycles. The molecule has 6 aliphatic carbocycles. The molecule has 6 aliphatic rings. The first kappa shape index (κ1) is 85.7. The summed E-state index contributed by atoms with van der Waals surface area (Å²) in [4.78, 5) is 35.3. The standard InChI is InChI=1S/C49H30N2O.C48H29N3O.C43H26N2O/c1-3-13-32(14-4-1)43-30-44(33-15-5-2-6-16-33)51-48(50-43)34-25-23-31(24-26-34)35-27-28-42-39(29-35)47-46(38-19-9-12-22-45(38)52-47)49(42)40-20-10-7-17-36(40)37-18-8-11-21-41(37)49;1-3-14-31(15-4-1)45-49-46(32-16-5-2-6-17-32)51-47(50-45)33-28-26-30(27-29-33)34-21-13-24-40-42(34)44-43(37-20-9-12-25-41(37)52-44)48(40)38-22-10-7-18-35(38)36-19-8-11-23-39(36)48;1-3-13-27(14-4-1)37-26-38(28-15-5-2-6-16-28)45-42(44-37)29-23-24-32-36(25-29)43(40-33-19-9-12-22-39(33)46-41(32)40)34-20-10-7-17-30(34)31-18-8-11-21-35(31)43/h1-30H;1-29H;1-26H. The molecule has 10 heteroatoms. The van der Waals surface area contributed by atoms with E-state index in [1.54, 1.807) is 0 Å². The van der Waals surface area contributed by atoms with Crippen molar-refractivity contribution in [3.8, 4) is 192 Å². The molecule has 150 heavy (non-hydrogen) atoms. The summed E-state index contributed by atoms with van der Waals surface area (Å²) in [7, 11) is 0. The van der Waals surface area contributed by atoms with E-state index in [9.17, 15) is 0 Å². The zero-order valence-electron chi connectivity index (χ0n) is 80.9. The summed E-state index contributed by atoms with van der Waals surface area (Å²) in [6.45, 7) is 0. The molecule has 32 rings (SSSR count). The molecule has 0 unspecified atom stereocenters. The molecule has 0 N–H and O–H groups in total. The molecule has 0 fully saturated rings. The molecular formula is C140H85N7O3. The van der Waals surface area contributed by atoms with Crippen molar-refractivity contribution < 1.29 is 13.3 Å². The van der Waals surface area contributed by atoms with E-state index in [1.807, 2.05) is 109 Å². The summed E-state index contributed by atoms with van der Waals surface area (Å²) in [6.07, 6.45) is 0. The van der Waals surface area contributed by atoms with Gasteiger partial charge in [0, 0.05) is 99.6 Å². The molecule has 0 saturated carbocycles. The van der Waals surface area contributed by atoms with Crippen LogP contribution < -0.4 is 0 Å². The molecule has 0 bridgehead atoms. The Hall–Kier alpha value is -19.8. The summed E-state index contributed by atoms with van der Waals surface area (Å²) in [5.74, 6) is 6.18. The summed E-state index contributed by atoms with van der Waals surface area (Å²) < 4.78 is 20.4. The zero-order chi connectivity index (χ0) is 98.7. The predicted octanol–water partition coefficient (Wildman–Crippen LogP) is 34.4. The SMILES string of the molecule is c1ccc(-c2cc(-c3ccccc3)nc(-c3ccc(-c4ccc5c(c4)-c4oc6ccccc6c4C54c5ccccc5-c5ccccc54)cc3)n2)cc1.c1ccc(-c2cc(-c3ccccc3)nc(-c3ccc4c(c3)C3(c5ccccc5-c5ccccc53)c3c-4oc4ccccc34)n2)cc1.c1ccc(-c2nc(-c3ccccc3)nc(-c3ccc(-c4cccc5c4-c4oc6ccccc6c4C54c5ccccc5-c5ccccc54)cc3)n2)cc1. The molecule has 0 atom stereocenters. The number of hydrogen-bond acceptors (Lipinski definition) is 10. The van der Waals surface area contributed by atoms with Crippen LogP contribution in [-0.2, 0) is 16.2 Å². The molecule has 3 spiro atoms.